The number of nitrogens with one attached hydrogen (secondary N) is 1. The number of rotatable bonds is 4. The summed E-state index contributed by atoms with van der Waals surface area (Å²) in [5.41, 5.74) is 0.280. The molecule has 1 fully saturated rings. The fraction of sp³-hybridized carbons (Fsp3) is 0.571. The highest BCUT2D eigenvalue weighted by molar-refractivity contribution is 5.98. The van der Waals surface area contributed by atoms with E-state index in [2.05, 4.69) is 10.3 Å². The SMILES string of the molecule is CCOC1CCN(C(=O)c2cc(F)cnc2NC)CC1. The van der Waals surface area contributed by atoms with Gasteiger partial charge in [0, 0.05) is 26.7 Å². The van der Waals surface area contributed by atoms with E-state index in [1.807, 2.05) is 6.92 Å². The molecule has 0 radical (unpaired) electrons. The molecule has 0 spiro atoms. The van der Waals surface area contributed by atoms with E-state index in [9.17, 15) is 9.18 Å². The number of hydrogen-bond acceptors (Lipinski definition) is 4. The van der Waals surface area contributed by atoms with Crippen LogP contribution in [0.1, 0.15) is 30.1 Å². The number of nitrogens with zero attached hydrogens (tertiary/aromatic N) is 2. The second-order valence-corrected chi connectivity index (χ2v) is 4.75. The van der Waals surface area contributed by atoms with Crippen molar-refractivity contribution in [3.05, 3.63) is 23.6 Å². The summed E-state index contributed by atoms with van der Waals surface area (Å²) in [6.07, 6.45) is 2.96. The van der Waals surface area contributed by atoms with Crippen LogP contribution in [0.4, 0.5) is 10.2 Å². The third kappa shape index (κ3) is 3.25. The molecule has 0 aliphatic carbocycles. The summed E-state index contributed by atoms with van der Waals surface area (Å²) in [4.78, 5) is 18.1. The van der Waals surface area contributed by atoms with E-state index in [1.165, 1.54) is 6.07 Å². The number of piperidine rings is 1. The monoisotopic (exact) mass is 281 g/mol. The highest BCUT2D eigenvalue weighted by atomic mass is 19.1. The molecule has 1 aliphatic rings. The summed E-state index contributed by atoms with van der Waals surface area (Å²) < 4.78 is 18.9. The molecule has 0 saturated carbocycles. The van der Waals surface area contributed by atoms with Crippen molar-refractivity contribution in [2.24, 2.45) is 0 Å². The molecular weight excluding hydrogens is 261 g/mol. The second-order valence-electron chi connectivity index (χ2n) is 4.75. The zero-order valence-corrected chi connectivity index (χ0v) is 11.9. The van der Waals surface area contributed by atoms with Crippen LogP contribution >= 0.6 is 0 Å². The number of halogens is 1. The van der Waals surface area contributed by atoms with Crippen LogP contribution in [0.15, 0.2) is 12.3 Å². The van der Waals surface area contributed by atoms with Gasteiger partial charge in [0.15, 0.2) is 0 Å². The van der Waals surface area contributed by atoms with E-state index in [0.29, 0.717) is 25.5 Å². The van der Waals surface area contributed by atoms with E-state index in [0.717, 1.165) is 19.0 Å². The van der Waals surface area contributed by atoms with Crippen LogP contribution in [-0.2, 0) is 4.74 Å². The minimum absolute atomic E-state index is 0.184. The first-order valence-electron chi connectivity index (χ1n) is 6.89. The number of pyridine rings is 1. The van der Waals surface area contributed by atoms with Crippen LogP contribution in [0, 0.1) is 5.82 Å². The molecule has 6 heteroatoms. The Balaban J connectivity index is 2.07. The van der Waals surface area contributed by atoms with E-state index < -0.39 is 5.82 Å². The quantitative estimate of drug-likeness (QED) is 0.916. The Morgan fingerprint density at radius 1 is 1.55 bits per heavy atom. The zero-order valence-electron chi connectivity index (χ0n) is 11.9. The van der Waals surface area contributed by atoms with Crippen molar-refractivity contribution in [2.45, 2.75) is 25.9 Å². The maximum absolute atomic E-state index is 13.3. The Bertz CT molecular complexity index is 473. The Kier molecular flexibility index (Phi) is 4.89. The van der Waals surface area contributed by atoms with Crippen LogP contribution in [0.3, 0.4) is 0 Å². The first kappa shape index (κ1) is 14.7. The van der Waals surface area contributed by atoms with Crippen molar-refractivity contribution in [3.8, 4) is 0 Å². The van der Waals surface area contributed by atoms with Gasteiger partial charge in [-0.25, -0.2) is 9.37 Å². The molecular formula is C14H20FN3O2. The number of carbonyl (C=O) groups excluding carboxylic acids is 1. The molecule has 1 amide bonds. The molecule has 0 aromatic carbocycles. The average Bonchev–Trinajstić information content (AvgIpc) is 2.47. The number of carbonyl (C=O) groups is 1. The molecule has 1 aromatic rings. The molecule has 0 unspecified atom stereocenters. The van der Waals surface area contributed by atoms with Crippen molar-refractivity contribution in [1.29, 1.82) is 0 Å². The fourth-order valence-electron chi connectivity index (χ4n) is 2.43. The summed E-state index contributed by atoms with van der Waals surface area (Å²) in [5, 5.41) is 2.82. The number of likely N-dealkylation sites (tertiary alicyclic amines) is 1. The van der Waals surface area contributed by atoms with Crippen LogP contribution in [0.2, 0.25) is 0 Å². The lowest BCUT2D eigenvalue weighted by molar-refractivity contribution is 0.0146. The highest BCUT2D eigenvalue weighted by Crippen LogP contribution is 2.20. The molecule has 1 aromatic heterocycles. The molecule has 20 heavy (non-hydrogen) atoms. The topological polar surface area (TPSA) is 54.5 Å². The van der Waals surface area contributed by atoms with Crippen molar-refractivity contribution >= 4 is 11.7 Å². The Labute approximate surface area is 118 Å². The smallest absolute Gasteiger partial charge is 0.257 e. The van der Waals surface area contributed by atoms with Crippen LogP contribution < -0.4 is 5.32 Å². The molecule has 0 atom stereocenters. The first-order chi connectivity index (χ1) is 9.65. The third-order valence-corrected chi connectivity index (χ3v) is 3.45. The van der Waals surface area contributed by atoms with Crippen LogP contribution in [-0.4, -0.2) is 48.6 Å². The normalized spacial score (nSPS) is 16.2. The van der Waals surface area contributed by atoms with Gasteiger partial charge in [-0.1, -0.05) is 0 Å². The van der Waals surface area contributed by atoms with Crippen LogP contribution in [0.25, 0.3) is 0 Å². The lowest BCUT2D eigenvalue weighted by Gasteiger charge is -2.32. The van der Waals surface area contributed by atoms with Gasteiger partial charge in [0.05, 0.1) is 17.9 Å². The zero-order chi connectivity index (χ0) is 14.5. The van der Waals surface area contributed by atoms with Crippen molar-refractivity contribution in [3.63, 3.8) is 0 Å². The van der Waals surface area contributed by atoms with E-state index in [4.69, 9.17) is 4.74 Å². The van der Waals surface area contributed by atoms with Gasteiger partial charge in [0.25, 0.3) is 5.91 Å². The third-order valence-electron chi connectivity index (χ3n) is 3.45. The largest absolute Gasteiger partial charge is 0.378 e. The average molecular weight is 281 g/mol. The standard InChI is InChI=1S/C14H20FN3O2/c1-3-20-11-4-6-18(7-5-11)14(19)12-8-10(15)9-17-13(12)16-2/h8-9,11H,3-7H2,1-2H3,(H,16,17). The molecule has 1 N–H and O–H groups in total. The molecule has 5 nitrogen and oxygen atoms in total. The molecule has 1 aliphatic heterocycles. The van der Waals surface area contributed by atoms with Gasteiger partial charge >= 0.3 is 0 Å². The Morgan fingerprint density at radius 2 is 2.25 bits per heavy atom. The summed E-state index contributed by atoms with van der Waals surface area (Å²) in [6.45, 7) is 3.91. The summed E-state index contributed by atoms with van der Waals surface area (Å²) in [7, 11) is 1.67. The minimum atomic E-state index is -0.503. The lowest BCUT2D eigenvalue weighted by Crippen LogP contribution is -2.41. The number of amides is 1. The number of ether oxygens (including phenoxy) is 1. The molecule has 110 valence electrons. The van der Waals surface area contributed by atoms with Gasteiger partial charge < -0.3 is 15.0 Å². The van der Waals surface area contributed by atoms with E-state index in [1.54, 1.807) is 11.9 Å². The lowest BCUT2D eigenvalue weighted by atomic mass is 10.1. The number of hydrogen-bond donors (Lipinski definition) is 1. The fourth-order valence-corrected chi connectivity index (χ4v) is 2.43. The van der Waals surface area contributed by atoms with Crippen molar-refractivity contribution in [1.82, 2.24) is 9.88 Å². The molecule has 2 rings (SSSR count). The van der Waals surface area contributed by atoms with Gasteiger partial charge in [-0.3, -0.25) is 4.79 Å². The van der Waals surface area contributed by atoms with Gasteiger partial charge in [-0.2, -0.15) is 0 Å². The van der Waals surface area contributed by atoms with E-state index >= 15 is 0 Å². The Morgan fingerprint density at radius 3 is 2.85 bits per heavy atom. The second kappa shape index (κ2) is 6.65. The number of aromatic nitrogens is 1. The van der Waals surface area contributed by atoms with Crippen molar-refractivity contribution < 1.29 is 13.9 Å². The maximum Gasteiger partial charge on any atom is 0.257 e. The predicted octanol–water partition coefficient (Wildman–Crippen LogP) is 1.90. The Hall–Kier alpha value is -1.69. The first-order valence-corrected chi connectivity index (χ1v) is 6.89. The minimum Gasteiger partial charge on any atom is -0.378 e. The summed E-state index contributed by atoms with van der Waals surface area (Å²) >= 11 is 0. The predicted molar refractivity (Wildman–Crippen MR) is 74.3 cm³/mol. The molecule has 1 saturated heterocycles. The maximum atomic E-state index is 13.3. The molecule has 2 heterocycles. The molecule has 0 bridgehead atoms. The number of anilines is 1. The van der Waals surface area contributed by atoms with Crippen molar-refractivity contribution in [2.75, 3.05) is 32.1 Å². The van der Waals surface area contributed by atoms with Gasteiger partial charge in [0.1, 0.15) is 11.6 Å². The highest BCUT2D eigenvalue weighted by Gasteiger charge is 2.25. The van der Waals surface area contributed by atoms with Gasteiger partial charge in [-0.05, 0) is 25.8 Å². The summed E-state index contributed by atoms with van der Waals surface area (Å²) in [6, 6.07) is 1.23. The van der Waals surface area contributed by atoms with Gasteiger partial charge in [-0.15, -0.1) is 0 Å². The van der Waals surface area contributed by atoms with Crippen LogP contribution in [0.5, 0.6) is 0 Å². The van der Waals surface area contributed by atoms with E-state index in [-0.39, 0.29) is 17.6 Å². The summed E-state index contributed by atoms with van der Waals surface area (Å²) in [5.74, 6) is -0.281. The van der Waals surface area contributed by atoms with Gasteiger partial charge in [0.2, 0.25) is 0 Å².